The van der Waals surface area contributed by atoms with E-state index >= 15 is 0 Å². The van der Waals surface area contributed by atoms with E-state index in [0.717, 1.165) is 13.2 Å². The Bertz CT molecular complexity index is 134. The summed E-state index contributed by atoms with van der Waals surface area (Å²) in [5, 5.41) is 3.49. The van der Waals surface area contributed by atoms with Gasteiger partial charge in [-0.3, -0.25) is 0 Å². The number of likely N-dealkylation sites (tertiary alicyclic amines) is 1. The molecule has 0 spiro atoms. The molecule has 1 saturated heterocycles. The lowest BCUT2D eigenvalue weighted by Gasteiger charge is -2.30. The number of piperidine rings is 1. The summed E-state index contributed by atoms with van der Waals surface area (Å²) in [5.41, 5.74) is 0. The molecular weight excluding hydrogens is 204 g/mol. The van der Waals surface area contributed by atoms with Crippen LogP contribution in [-0.2, 0) is 9.53 Å². The van der Waals surface area contributed by atoms with E-state index < -0.39 is 0 Å². The van der Waals surface area contributed by atoms with Crippen molar-refractivity contribution in [1.29, 1.82) is 0 Å². The molecule has 4 nitrogen and oxygen atoms in total. The molecule has 0 amide bonds. The van der Waals surface area contributed by atoms with Gasteiger partial charge < -0.3 is 19.7 Å². The molecule has 1 heterocycles. The standard InChI is InChI=1S/C9H20N2O.C2H6.CH2O/c1-11-6-3-4-9(8-11)10-5-7-12-2;2*1-2/h9-10H,3-8H2,1-2H3;1-2H3;1H2. The number of hydrogen-bond acceptors (Lipinski definition) is 4. The van der Waals surface area contributed by atoms with Gasteiger partial charge in [-0.15, -0.1) is 0 Å². The highest BCUT2D eigenvalue weighted by atomic mass is 16.5. The Labute approximate surface area is 100 Å². The summed E-state index contributed by atoms with van der Waals surface area (Å²) in [6.07, 6.45) is 2.63. The van der Waals surface area contributed by atoms with Crippen LogP contribution < -0.4 is 5.32 Å². The van der Waals surface area contributed by atoms with Crippen molar-refractivity contribution in [3.8, 4) is 0 Å². The average Bonchev–Trinajstić information content (AvgIpc) is 2.35. The highest BCUT2D eigenvalue weighted by Crippen LogP contribution is 2.07. The van der Waals surface area contributed by atoms with Crippen molar-refractivity contribution in [1.82, 2.24) is 10.2 Å². The number of methoxy groups -OCH3 is 1. The van der Waals surface area contributed by atoms with Crippen LogP contribution >= 0.6 is 0 Å². The number of hydrogen-bond donors (Lipinski definition) is 1. The van der Waals surface area contributed by atoms with Crippen LogP contribution in [0.15, 0.2) is 0 Å². The number of carbonyl (C=O) groups is 1. The van der Waals surface area contributed by atoms with E-state index in [-0.39, 0.29) is 0 Å². The van der Waals surface area contributed by atoms with Gasteiger partial charge in [0, 0.05) is 26.2 Å². The lowest BCUT2D eigenvalue weighted by Crippen LogP contribution is -2.44. The summed E-state index contributed by atoms with van der Waals surface area (Å²) >= 11 is 0. The third kappa shape index (κ3) is 10.1. The molecule has 16 heavy (non-hydrogen) atoms. The summed E-state index contributed by atoms with van der Waals surface area (Å²) in [5.74, 6) is 0. The van der Waals surface area contributed by atoms with Gasteiger partial charge in [0.25, 0.3) is 0 Å². The van der Waals surface area contributed by atoms with E-state index in [0.29, 0.717) is 6.04 Å². The van der Waals surface area contributed by atoms with Crippen molar-refractivity contribution >= 4 is 6.79 Å². The minimum atomic E-state index is 0.680. The van der Waals surface area contributed by atoms with Gasteiger partial charge in [-0.1, -0.05) is 13.8 Å². The van der Waals surface area contributed by atoms with E-state index in [9.17, 15) is 0 Å². The van der Waals surface area contributed by atoms with Crippen molar-refractivity contribution in [2.45, 2.75) is 32.7 Å². The normalized spacial score (nSPS) is 20.1. The van der Waals surface area contributed by atoms with Crippen molar-refractivity contribution in [3.05, 3.63) is 0 Å². The first-order valence-electron chi connectivity index (χ1n) is 6.02. The van der Waals surface area contributed by atoms with Crippen LogP contribution in [0.5, 0.6) is 0 Å². The van der Waals surface area contributed by atoms with Gasteiger partial charge in [0.1, 0.15) is 6.79 Å². The number of rotatable bonds is 4. The molecule has 4 heteroatoms. The maximum Gasteiger partial charge on any atom is 0.106 e. The van der Waals surface area contributed by atoms with E-state index in [2.05, 4.69) is 17.3 Å². The maximum absolute atomic E-state index is 8.00. The molecule has 0 aromatic carbocycles. The van der Waals surface area contributed by atoms with E-state index in [1.165, 1.54) is 25.9 Å². The fourth-order valence-corrected chi connectivity index (χ4v) is 1.70. The van der Waals surface area contributed by atoms with Gasteiger partial charge >= 0.3 is 0 Å². The molecular formula is C12H28N2O2. The van der Waals surface area contributed by atoms with Crippen LogP contribution in [0.25, 0.3) is 0 Å². The van der Waals surface area contributed by atoms with Gasteiger partial charge in [-0.05, 0) is 26.4 Å². The number of nitrogens with zero attached hydrogens (tertiary/aromatic N) is 1. The predicted molar refractivity (Wildman–Crippen MR) is 68.9 cm³/mol. The second-order valence-corrected chi connectivity index (χ2v) is 3.55. The first-order chi connectivity index (χ1) is 7.83. The Hall–Kier alpha value is -0.450. The molecule has 1 N–H and O–H groups in total. The van der Waals surface area contributed by atoms with E-state index in [1.807, 2.05) is 20.6 Å². The van der Waals surface area contributed by atoms with Crippen LogP contribution in [0.1, 0.15) is 26.7 Å². The molecule has 0 radical (unpaired) electrons. The fourth-order valence-electron chi connectivity index (χ4n) is 1.70. The number of nitrogens with one attached hydrogen (secondary N) is 1. The Balaban J connectivity index is 0. The van der Waals surface area contributed by atoms with E-state index in [1.54, 1.807) is 7.11 Å². The fraction of sp³-hybridized carbons (Fsp3) is 0.917. The number of likely N-dealkylation sites (N-methyl/N-ethyl adjacent to an activating group) is 1. The molecule has 0 aliphatic carbocycles. The smallest absolute Gasteiger partial charge is 0.106 e. The summed E-state index contributed by atoms with van der Waals surface area (Å²) in [7, 11) is 3.93. The number of ether oxygens (including phenoxy) is 1. The molecule has 1 aliphatic heterocycles. The maximum atomic E-state index is 8.00. The first kappa shape index (κ1) is 17.9. The van der Waals surface area contributed by atoms with Crippen molar-refractivity contribution in [3.63, 3.8) is 0 Å². The predicted octanol–water partition coefficient (Wildman–Crippen LogP) is 1.16. The lowest BCUT2D eigenvalue weighted by molar-refractivity contribution is -0.0979. The highest BCUT2D eigenvalue weighted by Gasteiger charge is 2.15. The quantitative estimate of drug-likeness (QED) is 0.739. The zero-order valence-corrected chi connectivity index (χ0v) is 11.3. The highest BCUT2D eigenvalue weighted by molar-refractivity contribution is 5.10. The van der Waals surface area contributed by atoms with Gasteiger partial charge in [0.05, 0.1) is 6.61 Å². The largest absolute Gasteiger partial charge is 0.383 e. The SMILES string of the molecule is C=O.CC.COCCNC1CCCN(C)C1. The van der Waals surface area contributed by atoms with E-state index in [4.69, 9.17) is 9.53 Å². The summed E-state index contributed by atoms with van der Waals surface area (Å²) in [6.45, 7) is 10.2. The van der Waals surface area contributed by atoms with Gasteiger partial charge in [0.2, 0.25) is 0 Å². The zero-order valence-electron chi connectivity index (χ0n) is 11.3. The molecule has 1 fully saturated rings. The summed E-state index contributed by atoms with van der Waals surface area (Å²) < 4.78 is 4.98. The average molecular weight is 232 g/mol. The zero-order chi connectivity index (χ0) is 12.8. The molecule has 1 atom stereocenters. The Morgan fingerprint density at radius 1 is 1.44 bits per heavy atom. The minimum absolute atomic E-state index is 0.680. The number of carbonyl (C=O) groups excluding carboxylic acids is 1. The van der Waals surface area contributed by atoms with Crippen LogP contribution in [0, 0.1) is 0 Å². The van der Waals surface area contributed by atoms with Gasteiger partial charge in [0.15, 0.2) is 0 Å². The summed E-state index contributed by atoms with van der Waals surface area (Å²) in [6, 6.07) is 0.680. The molecule has 0 aromatic heterocycles. The van der Waals surface area contributed by atoms with Crippen LogP contribution in [-0.4, -0.2) is 58.1 Å². The second-order valence-electron chi connectivity index (χ2n) is 3.55. The summed E-state index contributed by atoms with van der Waals surface area (Å²) in [4.78, 5) is 10.4. The Kier molecular flexibility index (Phi) is 16.3. The molecule has 0 bridgehead atoms. The van der Waals surface area contributed by atoms with Crippen molar-refractivity contribution in [2.75, 3.05) is 40.4 Å². The first-order valence-corrected chi connectivity index (χ1v) is 6.02. The minimum Gasteiger partial charge on any atom is -0.383 e. The Morgan fingerprint density at radius 2 is 2.06 bits per heavy atom. The molecule has 0 aromatic rings. The lowest BCUT2D eigenvalue weighted by atomic mass is 10.1. The molecule has 1 rings (SSSR count). The van der Waals surface area contributed by atoms with Crippen LogP contribution in [0.4, 0.5) is 0 Å². The van der Waals surface area contributed by atoms with Crippen molar-refractivity contribution < 1.29 is 9.53 Å². The third-order valence-electron chi connectivity index (χ3n) is 2.36. The Morgan fingerprint density at radius 3 is 2.56 bits per heavy atom. The van der Waals surface area contributed by atoms with Crippen LogP contribution in [0.2, 0.25) is 0 Å². The molecule has 98 valence electrons. The molecule has 1 aliphatic rings. The third-order valence-corrected chi connectivity index (χ3v) is 2.36. The molecule has 0 saturated carbocycles. The van der Waals surface area contributed by atoms with Gasteiger partial charge in [-0.2, -0.15) is 0 Å². The van der Waals surface area contributed by atoms with Gasteiger partial charge in [-0.25, -0.2) is 0 Å². The molecule has 1 unspecified atom stereocenters. The van der Waals surface area contributed by atoms with Crippen LogP contribution in [0.3, 0.4) is 0 Å². The monoisotopic (exact) mass is 232 g/mol. The second kappa shape index (κ2) is 14.6. The topological polar surface area (TPSA) is 41.6 Å². The van der Waals surface area contributed by atoms with Crippen molar-refractivity contribution in [2.24, 2.45) is 0 Å².